The van der Waals surface area contributed by atoms with Crippen molar-refractivity contribution < 1.29 is 4.39 Å². The first-order valence-corrected chi connectivity index (χ1v) is 5.81. The summed E-state index contributed by atoms with van der Waals surface area (Å²) in [6.45, 7) is 0. The number of nitrogens with one attached hydrogen (secondary N) is 1. The van der Waals surface area contributed by atoms with Crippen LogP contribution < -0.4 is 5.56 Å². The van der Waals surface area contributed by atoms with Crippen molar-refractivity contribution in [2.45, 2.75) is 0 Å². The lowest BCUT2D eigenvalue weighted by Gasteiger charge is -2.04. The van der Waals surface area contributed by atoms with Gasteiger partial charge in [-0.2, -0.15) is 0 Å². The normalized spacial score (nSPS) is 11.1. The summed E-state index contributed by atoms with van der Waals surface area (Å²) in [6, 6.07) is 3.32. The number of hydrogen-bond acceptors (Lipinski definition) is 3. The Kier molecular flexibility index (Phi) is 2.60. The molecule has 0 aromatic carbocycles. The smallest absolute Gasteiger partial charge is 0.257 e. The summed E-state index contributed by atoms with van der Waals surface area (Å²) in [5.41, 5.74) is 0.986. The highest BCUT2D eigenvalue weighted by Crippen LogP contribution is 2.26. The number of halogens is 2. The summed E-state index contributed by atoms with van der Waals surface area (Å²) in [7, 11) is 1.73. The van der Waals surface area contributed by atoms with Gasteiger partial charge in [0, 0.05) is 13.2 Å². The Morgan fingerprint density at radius 1 is 1.47 bits per heavy atom. The molecule has 0 aliphatic carbocycles. The second kappa shape index (κ2) is 4.17. The van der Waals surface area contributed by atoms with Gasteiger partial charge in [0.25, 0.3) is 5.56 Å². The Morgan fingerprint density at radius 3 is 3.00 bits per heavy atom. The molecular weight excluding hydrogens is 271 g/mol. The number of pyridine rings is 1. The van der Waals surface area contributed by atoms with E-state index in [1.807, 2.05) is 0 Å². The van der Waals surface area contributed by atoms with E-state index in [2.05, 4.69) is 15.0 Å². The molecule has 3 heterocycles. The van der Waals surface area contributed by atoms with Gasteiger partial charge in [0.05, 0.1) is 22.8 Å². The fraction of sp³-hybridized carbons (Fsp3) is 0.0833. The van der Waals surface area contributed by atoms with Crippen molar-refractivity contribution in [3.05, 3.63) is 46.0 Å². The Bertz CT molecular complexity index is 839. The highest BCUT2D eigenvalue weighted by molar-refractivity contribution is 6.28. The van der Waals surface area contributed by atoms with Gasteiger partial charge in [-0.1, -0.05) is 0 Å². The average molecular weight is 279 g/mol. The molecule has 0 fully saturated rings. The molecule has 5 nitrogen and oxygen atoms in total. The Morgan fingerprint density at radius 2 is 2.26 bits per heavy atom. The summed E-state index contributed by atoms with van der Waals surface area (Å²) >= 11 is 5.68. The molecule has 19 heavy (non-hydrogen) atoms. The van der Waals surface area contributed by atoms with Crippen molar-refractivity contribution in [3.8, 4) is 11.4 Å². The molecule has 7 heteroatoms. The second-order valence-corrected chi connectivity index (χ2v) is 4.37. The van der Waals surface area contributed by atoms with Crippen molar-refractivity contribution in [1.29, 1.82) is 0 Å². The summed E-state index contributed by atoms with van der Waals surface area (Å²) < 4.78 is 15.5. The first kappa shape index (κ1) is 11.9. The lowest BCUT2D eigenvalue weighted by Crippen LogP contribution is -2.03. The lowest BCUT2D eigenvalue weighted by molar-refractivity contribution is 0.616. The quantitative estimate of drug-likeness (QED) is 0.694. The number of H-pyrrole nitrogens is 1. The minimum Gasteiger partial charge on any atom is -0.342 e. The Labute approximate surface area is 111 Å². The van der Waals surface area contributed by atoms with Crippen LogP contribution in [0.25, 0.3) is 22.3 Å². The number of aromatic amines is 1. The van der Waals surface area contributed by atoms with Gasteiger partial charge in [0.2, 0.25) is 5.28 Å². The lowest BCUT2D eigenvalue weighted by atomic mass is 10.2. The molecule has 0 saturated carbocycles. The molecule has 96 valence electrons. The van der Waals surface area contributed by atoms with Crippen LogP contribution in [0.4, 0.5) is 4.39 Å². The van der Waals surface area contributed by atoms with Gasteiger partial charge in [-0.05, 0) is 23.7 Å². The summed E-state index contributed by atoms with van der Waals surface area (Å²) in [6.07, 6.45) is 2.55. The van der Waals surface area contributed by atoms with Crippen LogP contribution in [0.2, 0.25) is 5.28 Å². The third-order valence-electron chi connectivity index (χ3n) is 2.94. The van der Waals surface area contributed by atoms with E-state index in [-0.39, 0.29) is 16.5 Å². The minimum atomic E-state index is -0.591. The van der Waals surface area contributed by atoms with E-state index in [1.165, 1.54) is 6.20 Å². The molecule has 1 N–H and O–H groups in total. The van der Waals surface area contributed by atoms with Crippen LogP contribution >= 0.6 is 11.6 Å². The van der Waals surface area contributed by atoms with Crippen LogP contribution in [0.1, 0.15) is 0 Å². The van der Waals surface area contributed by atoms with Crippen LogP contribution in [0.5, 0.6) is 0 Å². The van der Waals surface area contributed by atoms with Gasteiger partial charge < -0.3 is 9.55 Å². The predicted octanol–water partition coefficient (Wildman–Crippen LogP) is 2.12. The van der Waals surface area contributed by atoms with Crippen molar-refractivity contribution in [1.82, 2.24) is 19.5 Å². The second-order valence-electron chi connectivity index (χ2n) is 4.03. The molecule has 0 amide bonds. The molecule has 0 radical (unpaired) electrons. The zero-order valence-electron chi connectivity index (χ0n) is 9.82. The first-order valence-electron chi connectivity index (χ1n) is 5.43. The van der Waals surface area contributed by atoms with Crippen molar-refractivity contribution >= 4 is 22.5 Å². The average Bonchev–Trinajstić information content (AvgIpc) is 2.72. The third-order valence-corrected chi connectivity index (χ3v) is 3.12. The van der Waals surface area contributed by atoms with Crippen molar-refractivity contribution in [3.63, 3.8) is 0 Å². The van der Waals surface area contributed by atoms with E-state index in [0.717, 1.165) is 6.20 Å². The van der Waals surface area contributed by atoms with Gasteiger partial charge in [-0.3, -0.25) is 4.79 Å². The molecular formula is C12H8ClFN4O. The maximum Gasteiger partial charge on any atom is 0.257 e. The highest BCUT2D eigenvalue weighted by atomic mass is 35.5. The number of hydrogen-bond donors (Lipinski definition) is 1. The van der Waals surface area contributed by atoms with Gasteiger partial charge in [0.1, 0.15) is 5.69 Å². The Balaban J connectivity index is 2.37. The molecule has 0 unspecified atom stereocenters. The maximum atomic E-state index is 13.8. The zero-order valence-corrected chi connectivity index (χ0v) is 10.6. The van der Waals surface area contributed by atoms with Crippen LogP contribution in [0.3, 0.4) is 0 Å². The number of nitrogens with zero attached hydrogens (tertiary/aromatic N) is 3. The van der Waals surface area contributed by atoms with Gasteiger partial charge >= 0.3 is 0 Å². The molecule has 0 aliphatic heterocycles. The third kappa shape index (κ3) is 1.80. The molecule has 0 aliphatic rings. The Hall–Kier alpha value is -2.21. The monoisotopic (exact) mass is 278 g/mol. The van der Waals surface area contributed by atoms with E-state index in [0.29, 0.717) is 16.6 Å². The highest BCUT2D eigenvalue weighted by Gasteiger charge is 2.15. The molecule has 0 bridgehead atoms. The molecule has 0 atom stereocenters. The van der Waals surface area contributed by atoms with Gasteiger partial charge in [0.15, 0.2) is 5.82 Å². The van der Waals surface area contributed by atoms with E-state index < -0.39 is 5.82 Å². The SMILES string of the molecule is Cn1c(-c2nc(Cl)ncc2F)cc2c(=O)[nH]ccc21. The summed E-state index contributed by atoms with van der Waals surface area (Å²) in [5, 5.41) is 0.421. The number of fused-ring (bicyclic) bond motifs is 1. The fourth-order valence-electron chi connectivity index (χ4n) is 2.03. The van der Waals surface area contributed by atoms with Crippen LogP contribution in [-0.4, -0.2) is 19.5 Å². The largest absolute Gasteiger partial charge is 0.342 e. The molecule has 3 aromatic heterocycles. The predicted molar refractivity (Wildman–Crippen MR) is 69.5 cm³/mol. The first-order chi connectivity index (χ1) is 9.08. The van der Waals surface area contributed by atoms with Crippen LogP contribution in [0.15, 0.2) is 29.3 Å². The zero-order chi connectivity index (χ0) is 13.6. The van der Waals surface area contributed by atoms with E-state index in [1.54, 1.807) is 23.7 Å². The summed E-state index contributed by atoms with van der Waals surface area (Å²) in [5.74, 6) is -0.591. The van der Waals surface area contributed by atoms with E-state index >= 15 is 0 Å². The van der Waals surface area contributed by atoms with E-state index in [9.17, 15) is 9.18 Å². The fourth-order valence-corrected chi connectivity index (χ4v) is 2.16. The van der Waals surface area contributed by atoms with E-state index in [4.69, 9.17) is 11.6 Å². The number of aromatic nitrogens is 4. The van der Waals surface area contributed by atoms with Gasteiger partial charge in [-0.25, -0.2) is 14.4 Å². The van der Waals surface area contributed by atoms with Gasteiger partial charge in [-0.15, -0.1) is 0 Å². The van der Waals surface area contributed by atoms with Crippen LogP contribution in [-0.2, 0) is 7.05 Å². The molecule has 0 spiro atoms. The standard InChI is InChI=1S/C12H8ClFN4O/c1-18-8-2-3-15-11(19)6(8)4-9(18)10-7(14)5-16-12(13)17-10/h2-5H,1H3,(H,15,19). The molecule has 0 saturated heterocycles. The number of aryl methyl sites for hydroxylation is 1. The van der Waals surface area contributed by atoms with Crippen LogP contribution in [0, 0.1) is 5.82 Å². The topological polar surface area (TPSA) is 63.6 Å². The number of rotatable bonds is 1. The molecule has 3 rings (SSSR count). The van der Waals surface area contributed by atoms with Crippen molar-refractivity contribution in [2.24, 2.45) is 7.05 Å². The summed E-state index contributed by atoms with van der Waals surface area (Å²) in [4.78, 5) is 21.7. The maximum absolute atomic E-state index is 13.8. The minimum absolute atomic E-state index is 0.0458. The van der Waals surface area contributed by atoms with Crippen molar-refractivity contribution in [2.75, 3.05) is 0 Å². The molecule has 3 aromatic rings.